The van der Waals surface area contributed by atoms with Gasteiger partial charge in [-0.15, -0.1) is 0 Å². The van der Waals surface area contributed by atoms with Crippen LogP contribution < -0.4 is 14.8 Å². The van der Waals surface area contributed by atoms with Crippen LogP contribution in [0, 0.1) is 5.82 Å². The summed E-state index contributed by atoms with van der Waals surface area (Å²) in [5, 5.41) is 7.21. The lowest BCUT2D eigenvalue weighted by Gasteiger charge is -2.12. The van der Waals surface area contributed by atoms with E-state index in [0.717, 1.165) is 12.1 Å². The molecular weight excluding hydrogens is 375 g/mol. The van der Waals surface area contributed by atoms with E-state index < -0.39 is 5.82 Å². The number of hydrogen-bond donors (Lipinski definition) is 1. The second kappa shape index (κ2) is 7.70. The van der Waals surface area contributed by atoms with Crippen molar-refractivity contribution in [3.8, 4) is 22.8 Å². The first kappa shape index (κ1) is 18.6. The van der Waals surface area contributed by atoms with E-state index >= 15 is 0 Å². The SMILES string of the molecule is CCn1cc(-c2cnc3ccc(Nc4cc(OC)cc(OC)c4F)nc3n2)cn1. The van der Waals surface area contributed by atoms with E-state index in [1.54, 1.807) is 24.5 Å². The van der Waals surface area contributed by atoms with Crippen LogP contribution in [0.25, 0.3) is 22.4 Å². The molecule has 0 fully saturated rings. The van der Waals surface area contributed by atoms with Gasteiger partial charge in [0.05, 0.1) is 38.0 Å². The van der Waals surface area contributed by atoms with Crippen LogP contribution in [-0.4, -0.2) is 39.0 Å². The molecule has 0 radical (unpaired) electrons. The van der Waals surface area contributed by atoms with Crippen molar-refractivity contribution in [2.24, 2.45) is 0 Å². The van der Waals surface area contributed by atoms with E-state index in [9.17, 15) is 4.39 Å². The van der Waals surface area contributed by atoms with Gasteiger partial charge in [0.25, 0.3) is 0 Å². The Labute approximate surface area is 166 Å². The van der Waals surface area contributed by atoms with Gasteiger partial charge in [0, 0.05) is 30.4 Å². The molecule has 8 nitrogen and oxygen atoms in total. The standard InChI is InChI=1S/C20H19FN6O2/c1-4-27-11-12(9-23-27)16-10-22-14-5-6-18(26-20(14)25-16)24-15-7-13(28-2)8-17(29-3)19(15)21/h5-11H,4H2,1-3H3,(H,24,25,26). The minimum Gasteiger partial charge on any atom is -0.497 e. The summed E-state index contributed by atoms with van der Waals surface area (Å²) in [7, 11) is 2.90. The Kier molecular flexibility index (Phi) is 4.94. The number of methoxy groups -OCH3 is 2. The van der Waals surface area contributed by atoms with E-state index in [2.05, 4.69) is 25.4 Å². The van der Waals surface area contributed by atoms with Gasteiger partial charge in [0.15, 0.2) is 17.2 Å². The molecule has 3 heterocycles. The summed E-state index contributed by atoms with van der Waals surface area (Å²) < 4.78 is 26.7. The van der Waals surface area contributed by atoms with Crippen molar-refractivity contribution < 1.29 is 13.9 Å². The maximum atomic E-state index is 14.6. The van der Waals surface area contributed by atoms with Gasteiger partial charge in [-0.2, -0.15) is 5.10 Å². The number of nitrogens with one attached hydrogen (secondary N) is 1. The van der Waals surface area contributed by atoms with E-state index in [1.807, 2.05) is 17.8 Å². The second-order valence-corrected chi connectivity index (χ2v) is 6.20. The highest BCUT2D eigenvalue weighted by Gasteiger charge is 2.14. The topological polar surface area (TPSA) is 87.0 Å². The summed E-state index contributed by atoms with van der Waals surface area (Å²) in [6, 6.07) is 6.48. The fourth-order valence-corrected chi connectivity index (χ4v) is 2.84. The summed E-state index contributed by atoms with van der Waals surface area (Å²) in [6.07, 6.45) is 5.32. The first-order chi connectivity index (χ1) is 14.1. The highest BCUT2D eigenvalue weighted by molar-refractivity contribution is 5.76. The number of nitrogens with zero attached hydrogens (tertiary/aromatic N) is 5. The van der Waals surface area contributed by atoms with Gasteiger partial charge in [0.1, 0.15) is 17.1 Å². The Balaban J connectivity index is 1.70. The number of ether oxygens (including phenoxy) is 2. The molecule has 0 saturated heterocycles. The Morgan fingerprint density at radius 3 is 2.69 bits per heavy atom. The van der Waals surface area contributed by atoms with Crippen LogP contribution in [0.15, 0.2) is 42.9 Å². The zero-order chi connectivity index (χ0) is 20.4. The molecule has 0 atom stereocenters. The van der Waals surface area contributed by atoms with E-state index in [-0.39, 0.29) is 11.4 Å². The minimum atomic E-state index is -0.540. The molecule has 3 aromatic heterocycles. The van der Waals surface area contributed by atoms with Gasteiger partial charge < -0.3 is 14.8 Å². The Bertz CT molecular complexity index is 1180. The summed E-state index contributed by atoms with van der Waals surface area (Å²) in [5.74, 6) is 0.411. The predicted molar refractivity (Wildman–Crippen MR) is 107 cm³/mol. The molecule has 0 unspecified atom stereocenters. The van der Waals surface area contributed by atoms with Gasteiger partial charge in [0.2, 0.25) is 0 Å². The van der Waals surface area contributed by atoms with E-state index in [1.165, 1.54) is 26.4 Å². The highest BCUT2D eigenvalue weighted by atomic mass is 19.1. The van der Waals surface area contributed by atoms with Gasteiger partial charge in [-0.25, -0.2) is 14.4 Å². The summed E-state index contributed by atoms with van der Waals surface area (Å²) >= 11 is 0. The summed E-state index contributed by atoms with van der Waals surface area (Å²) in [4.78, 5) is 13.5. The third-order valence-corrected chi connectivity index (χ3v) is 4.39. The van der Waals surface area contributed by atoms with E-state index in [0.29, 0.717) is 28.4 Å². The molecule has 0 aliphatic carbocycles. The smallest absolute Gasteiger partial charge is 0.188 e. The van der Waals surface area contributed by atoms with Crippen LogP contribution >= 0.6 is 0 Å². The third kappa shape index (κ3) is 3.66. The van der Waals surface area contributed by atoms with Crippen LogP contribution in [0.5, 0.6) is 11.5 Å². The number of halogens is 1. The van der Waals surface area contributed by atoms with Gasteiger partial charge in [-0.1, -0.05) is 0 Å². The van der Waals surface area contributed by atoms with Crippen molar-refractivity contribution in [2.75, 3.05) is 19.5 Å². The average Bonchev–Trinajstić information content (AvgIpc) is 3.24. The predicted octanol–water partition coefficient (Wildman–Crippen LogP) is 3.81. The van der Waals surface area contributed by atoms with Crippen molar-refractivity contribution in [1.82, 2.24) is 24.7 Å². The van der Waals surface area contributed by atoms with Gasteiger partial charge in [-0.3, -0.25) is 9.67 Å². The molecular formula is C20H19FN6O2. The molecule has 1 aromatic carbocycles. The van der Waals surface area contributed by atoms with Crippen LogP contribution in [-0.2, 0) is 6.54 Å². The largest absolute Gasteiger partial charge is 0.497 e. The number of pyridine rings is 1. The molecule has 4 aromatic rings. The minimum absolute atomic E-state index is 0.0719. The van der Waals surface area contributed by atoms with Crippen molar-refractivity contribution >= 4 is 22.7 Å². The van der Waals surface area contributed by atoms with Crippen LogP contribution in [0.3, 0.4) is 0 Å². The number of fused-ring (bicyclic) bond motifs is 1. The monoisotopic (exact) mass is 394 g/mol. The zero-order valence-corrected chi connectivity index (χ0v) is 16.2. The molecule has 0 aliphatic rings. The maximum Gasteiger partial charge on any atom is 0.188 e. The molecule has 9 heteroatoms. The van der Waals surface area contributed by atoms with Crippen molar-refractivity contribution in [2.45, 2.75) is 13.5 Å². The molecule has 0 aliphatic heterocycles. The Morgan fingerprint density at radius 2 is 1.97 bits per heavy atom. The maximum absolute atomic E-state index is 14.6. The lowest BCUT2D eigenvalue weighted by Crippen LogP contribution is -2.01. The molecule has 4 rings (SSSR count). The lowest BCUT2D eigenvalue weighted by molar-refractivity contribution is 0.375. The average molecular weight is 394 g/mol. The van der Waals surface area contributed by atoms with Crippen molar-refractivity contribution in [3.63, 3.8) is 0 Å². The molecule has 29 heavy (non-hydrogen) atoms. The fourth-order valence-electron chi connectivity index (χ4n) is 2.84. The number of aromatic nitrogens is 5. The highest BCUT2D eigenvalue weighted by Crippen LogP contribution is 2.32. The van der Waals surface area contributed by atoms with Gasteiger partial charge >= 0.3 is 0 Å². The van der Waals surface area contributed by atoms with Crippen molar-refractivity contribution in [1.29, 1.82) is 0 Å². The van der Waals surface area contributed by atoms with Gasteiger partial charge in [-0.05, 0) is 19.1 Å². The molecule has 0 amide bonds. The van der Waals surface area contributed by atoms with Crippen LogP contribution in [0.1, 0.15) is 6.92 Å². The second-order valence-electron chi connectivity index (χ2n) is 6.20. The first-order valence-electron chi connectivity index (χ1n) is 8.96. The molecule has 0 saturated carbocycles. The Hall–Kier alpha value is -3.75. The summed E-state index contributed by atoms with van der Waals surface area (Å²) in [6.45, 7) is 2.78. The fraction of sp³-hybridized carbons (Fsp3) is 0.200. The number of hydrogen-bond acceptors (Lipinski definition) is 7. The number of rotatable bonds is 6. The van der Waals surface area contributed by atoms with Crippen LogP contribution in [0.2, 0.25) is 0 Å². The number of aryl methyl sites for hydroxylation is 1. The summed E-state index contributed by atoms with van der Waals surface area (Å²) in [5.41, 5.74) is 2.76. The molecule has 0 spiro atoms. The first-order valence-corrected chi connectivity index (χ1v) is 8.96. The van der Waals surface area contributed by atoms with Crippen molar-refractivity contribution in [3.05, 3.63) is 48.7 Å². The molecule has 0 bridgehead atoms. The van der Waals surface area contributed by atoms with Crippen LogP contribution in [0.4, 0.5) is 15.9 Å². The number of benzene rings is 1. The third-order valence-electron chi connectivity index (χ3n) is 4.39. The number of anilines is 2. The van der Waals surface area contributed by atoms with E-state index in [4.69, 9.17) is 9.47 Å². The lowest BCUT2D eigenvalue weighted by atomic mass is 10.2. The molecule has 148 valence electrons. The molecule has 1 N–H and O–H groups in total. The normalized spacial score (nSPS) is 10.9. The zero-order valence-electron chi connectivity index (χ0n) is 16.2. The quantitative estimate of drug-likeness (QED) is 0.532. The Morgan fingerprint density at radius 1 is 1.10 bits per heavy atom.